The third-order valence-corrected chi connectivity index (χ3v) is 3.15. The number of fused-ring (bicyclic) bond motifs is 1. The fourth-order valence-corrected chi connectivity index (χ4v) is 2.20. The van der Waals surface area contributed by atoms with Gasteiger partial charge in [0.15, 0.2) is 0 Å². The van der Waals surface area contributed by atoms with Crippen LogP contribution >= 0.6 is 0 Å². The predicted octanol–water partition coefficient (Wildman–Crippen LogP) is 3.00. The van der Waals surface area contributed by atoms with Crippen LogP contribution in [0.3, 0.4) is 0 Å². The lowest BCUT2D eigenvalue weighted by Gasteiger charge is -2.01. The van der Waals surface area contributed by atoms with E-state index in [1.165, 1.54) is 5.56 Å². The highest BCUT2D eigenvalue weighted by molar-refractivity contribution is 5.93. The van der Waals surface area contributed by atoms with Crippen molar-refractivity contribution in [3.05, 3.63) is 53.6 Å². The summed E-state index contributed by atoms with van der Waals surface area (Å²) in [6.45, 7) is 2.64. The van der Waals surface area contributed by atoms with Crippen LogP contribution < -0.4 is 5.73 Å². The molecule has 0 atom stereocenters. The summed E-state index contributed by atoms with van der Waals surface area (Å²) in [4.78, 5) is 0. The molecule has 0 aliphatic heterocycles. The zero-order chi connectivity index (χ0) is 12.5. The van der Waals surface area contributed by atoms with Crippen molar-refractivity contribution in [3.8, 4) is 11.3 Å². The van der Waals surface area contributed by atoms with Crippen molar-refractivity contribution in [2.24, 2.45) is 5.73 Å². The summed E-state index contributed by atoms with van der Waals surface area (Å²) in [5.74, 6) is 0. The van der Waals surface area contributed by atoms with Gasteiger partial charge in [0.1, 0.15) is 0 Å². The van der Waals surface area contributed by atoms with Crippen molar-refractivity contribution < 1.29 is 0 Å². The van der Waals surface area contributed by atoms with Gasteiger partial charge in [-0.3, -0.25) is 5.10 Å². The first kappa shape index (κ1) is 11.0. The minimum atomic E-state index is 0.550. The molecule has 3 nitrogen and oxygen atoms in total. The number of nitrogens with one attached hydrogen (secondary N) is 1. The van der Waals surface area contributed by atoms with E-state index >= 15 is 0 Å². The summed E-state index contributed by atoms with van der Waals surface area (Å²) in [5, 5.41) is 8.61. The molecular formula is C15H15N3. The molecule has 0 bridgehead atoms. The summed E-state index contributed by atoms with van der Waals surface area (Å²) < 4.78 is 0. The van der Waals surface area contributed by atoms with Crippen LogP contribution in [0.15, 0.2) is 42.5 Å². The van der Waals surface area contributed by atoms with Gasteiger partial charge in [0.05, 0.1) is 11.2 Å². The minimum absolute atomic E-state index is 0.550. The van der Waals surface area contributed by atoms with Gasteiger partial charge in [-0.05, 0) is 30.7 Å². The van der Waals surface area contributed by atoms with E-state index in [2.05, 4.69) is 47.5 Å². The molecular weight excluding hydrogens is 222 g/mol. The lowest BCUT2D eigenvalue weighted by atomic mass is 10.0. The molecule has 3 N–H and O–H groups in total. The number of rotatable bonds is 2. The molecule has 0 spiro atoms. The molecule has 3 rings (SSSR count). The molecule has 1 heterocycles. The molecule has 0 saturated heterocycles. The second kappa shape index (κ2) is 4.27. The van der Waals surface area contributed by atoms with E-state index < -0.39 is 0 Å². The van der Waals surface area contributed by atoms with Crippen molar-refractivity contribution in [2.45, 2.75) is 13.5 Å². The van der Waals surface area contributed by atoms with Crippen molar-refractivity contribution in [1.29, 1.82) is 0 Å². The standard InChI is InChI=1S/C15H15N3/c1-10-3-2-4-12(7-10)15-13-8-11(9-16)5-6-14(13)17-18-15/h2-8H,9,16H2,1H3,(H,17,18). The summed E-state index contributed by atoms with van der Waals surface area (Å²) in [6, 6.07) is 14.5. The maximum Gasteiger partial charge on any atom is 0.0999 e. The van der Waals surface area contributed by atoms with E-state index in [9.17, 15) is 0 Å². The third kappa shape index (κ3) is 1.79. The topological polar surface area (TPSA) is 54.7 Å². The van der Waals surface area contributed by atoms with E-state index in [1.54, 1.807) is 0 Å². The molecule has 0 radical (unpaired) electrons. The Morgan fingerprint density at radius 2 is 2.06 bits per heavy atom. The molecule has 0 saturated carbocycles. The second-order valence-corrected chi connectivity index (χ2v) is 4.53. The van der Waals surface area contributed by atoms with Crippen molar-refractivity contribution >= 4 is 10.9 Å². The number of hydrogen-bond donors (Lipinski definition) is 2. The molecule has 0 aliphatic carbocycles. The van der Waals surface area contributed by atoms with E-state index in [-0.39, 0.29) is 0 Å². The minimum Gasteiger partial charge on any atom is -0.326 e. The number of aryl methyl sites for hydroxylation is 1. The Balaban J connectivity index is 2.22. The Morgan fingerprint density at radius 3 is 2.83 bits per heavy atom. The van der Waals surface area contributed by atoms with Crippen LogP contribution in [-0.2, 0) is 6.54 Å². The highest BCUT2D eigenvalue weighted by Crippen LogP contribution is 2.27. The van der Waals surface area contributed by atoms with Gasteiger partial charge < -0.3 is 5.73 Å². The van der Waals surface area contributed by atoms with E-state index in [0.29, 0.717) is 6.54 Å². The summed E-state index contributed by atoms with van der Waals surface area (Å²) in [7, 11) is 0. The molecule has 0 fully saturated rings. The SMILES string of the molecule is Cc1cccc(-c2n[nH]c3ccc(CN)cc23)c1. The van der Waals surface area contributed by atoms with E-state index in [1.807, 2.05) is 12.1 Å². The maximum atomic E-state index is 5.69. The Hall–Kier alpha value is -2.13. The van der Waals surface area contributed by atoms with Crippen molar-refractivity contribution in [1.82, 2.24) is 10.2 Å². The summed E-state index contributed by atoms with van der Waals surface area (Å²) >= 11 is 0. The van der Waals surface area contributed by atoms with Gasteiger partial charge in [0, 0.05) is 17.5 Å². The number of benzene rings is 2. The van der Waals surface area contributed by atoms with Gasteiger partial charge in [0.2, 0.25) is 0 Å². The summed E-state index contributed by atoms with van der Waals surface area (Å²) in [6.07, 6.45) is 0. The fourth-order valence-electron chi connectivity index (χ4n) is 2.20. The molecule has 3 heteroatoms. The van der Waals surface area contributed by atoms with Crippen molar-refractivity contribution in [3.63, 3.8) is 0 Å². The molecule has 1 aromatic heterocycles. The Bertz CT molecular complexity index is 698. The van der Waals surface area contributed by atoms with E-state index in [4.69, 9.17) is 5.73 Å². The van der Waals surface area contributed by atoms with Crippen LogP contribution in [0.5, 0.6) is 0 Å². The van der Waals surface area contributed by atoms with Gasteiger partial charge in [0.25, 0.3) is 0 Å². The zero-order valence-corrected chi connectivity index (χ0v) is 10.3. The Labute approximate surface area is 106 Å². The lowest BCUT2D eigenvalue weighted by Crippen LogP contribution is -1.95. The van der Waals surface area contributed by atoms with E-state index in [0.717, 1.165) is 27.7 Å². The second-order valence-electron chi connectivity index (χ2n) is 4.53. The van der Waals surface area contributed by atoms with Gasteiger partial charge >= 0.3 is 0 Å². The van der Waals surface area contributed by atoms with Gasteiger partial charge in [-0.25, -0.2) is 0 Å². The summed E-state index contributed by atoms with van der Waals surface area (Å²) in [5.41, 5.74) is 11.2. The molecule has 0 aliphatic rings. The number of aromatic nitrogens is 2. The molecule has 0 amide bonds. The Kier molecular flexibility index (Phi) is 2.61. The first-order valence-electron chi connectivity index (χ1n) is 6.02. The fraction of sp³-hybridized carbons (Fsp3) is 0.133. The third-order valence-electron chi connectivity index (χ3n) is 3.15. The smallest absolute Gasteiger partial charge is 0.0999 e. The number of nitrogens with two attached hydrogens (primary N) is 1. The van der Waals surface area contributed by atoms with Crippen LogP contribution in [0.2, 0.25) is 0 Å². The highest BCUT2D eigenvalue weighted by Gasteiger charge is 2.08. The van der Waals surface area contributed by atoms with Crippen LogP contribution in [0.25, 0.3) is 22.2 Å². The highest BCUT2D eigenvalue weighted by atomic mass is 15.1. The molecule has 18 heavy (non-hydrogen) atoms. The van der Waals surface area contributed by atoms with Crippen LogP contribution in [-0.4, -0.2) is 10.2 Å². The Morgan fingerprint density at radius 1 is 1.17 bits per heavy atom. The molecule has 3 aromatic rings. The maximum absolute atomic E-state index is 5.69. The largest absolute Gasteiger partial charge is 0.326 e. The normalized spacial score (nSPS) is 11.0. The molecule has 90 valence electrons. The van der Waals surface area contributed by atoms with Crippen LogP contribution in [0.4, 0.5) is 0 Å². The van der Waals surface area contributed by atoms with Crippen LogP contribution in [0, 0.1) is 6.92 Å². The lowest BCUT2D eigenvalue weighted by molar-refractivity contribution is 1.07. The van der Waals surface area contributed by atoms with Gasteiger partial charge in [-0.15, -0.1) is 0 Å². The quantitative estimate of drug-likeness (QED) is 0.720. The predicted molar refractivity (Wildman–Crippen MR) is 74.2 cm³/mol. The number of H-pyrrole nitrogens is 1. The number of nitrogens with zero attached hydrogens (tertiary/aromatic N) is 1. The van der Waals surface area contributed by atoms with Crippen molar-refractivity contribution in [2.75, 3.05) is 0 Å². The average molecular weight is 237 g/mol. The monoisotopic (exact) mass is 237 g/mol. The van der Waals surface area contributed by atoms with Gasteiger partial charge in [-0.1, -0.05) is 29.8 Å². The first-order valence-corrected chi connectivity index (χ1v) is 6.02. The average Bonchev–Trinajstić information content (AvgIpc) is 2.81. The zero-order valence-electron chi connectivity index (χ0n) is 10.3. The molecule has 2 aromatic carbocycles. The number of hydrogen-bond acceptors (Lipinski definition) is 2. The molecule has 0 unspecified atom stereocenters. The first-order chi connectivity index (χ1) is 8.78. The number of aromatic amines is 1. The van der Waals surface area contributed by atoms with Crippen LogP contribution in [0.1, 0.15) is 11.1 Å². The van der Waals surface area contributed by atoms with Gasteiger partial charge in [-0.2, -0.15) is 5.10 Å².